The average Bonchev–Trinajstić information content (AvgIpc) is 3.31. The van der Waals surface area contributed by atoms with Crippen LogP contribution in [0.3, 0.4) is 0 Å². The third kappa shape index (κ3) is 3.27. The number of carbonyl (C=O) groups is 1. The van der Waals surface area contributed by atoms with Gasteiger partial charge >= 0.3 is 0 Å². The summed E-state index contributed by atoms with van der Waals surface area (Å²) in [6, 6.07) is 9.00. The summed E-state index contributed by atoms with van der Waals surface area (Å²) in [5, 5.41) is 5.56. The summed E-state index contributed by atoms with van der Waals surface area (Å²) in [5.41, 5.74) is 4.64. The third-order valence-electron chi connectivity index (χ3n) is 5.74. The molecular formula is C22H28N4O. The van der Waals surface area contributed by atoms with Gasteiger partial charge in [0, 0.05) is 54.9 Å². The minimum absolute atomic E-state index is 0.106. The maximum Gasteiger partial charge on any atom is 0.257 e. The first-order chi connectivity index (χ1) is 13.1. The highest BCUT2D eigenvalue weighted by molar-refractivity contribution is 5.93. The summed E-state index contributed by atoms with van der Waals surface area (Å²) in [5.74, 6) is 0.492. The van der Waals surface area contributed by atoms with Crippen molar-refractivity contribution in [3.8, 4) is 0 Å². The first-order valence-corrected chi connectivity index (χ1v) is 10.0. The van der Waals surface area contributed by atoms with Crippen molar-refractivity contribution in [2.75, 3.05) is 13.1 Å². The number of benzene rings is 1. The van der Waals surface area contributed by atoms with E-state index in [1.54, 1.807) is 6.20 Å². The van der Waals surface area contributed by atoms with Crippen molar-refractivity contribution in [3.05, 3.63) is 53.5 Å². The fourth-order valence-corrected chi connectivity index (χ4v) is 4.34. The summed E-state index contributed by atoms with van der Waals surface area (Å²) in [4.78, 5) is 15.0. The fraction of sp³-hybridized carbons (Fsp3) is 0.455. The van der Waals surface area contributed by atoms with Crippen LogP contribution in [0.4, 0.5) is 0 Å². The first kappa shape index (κ1) is 17.8. The number of hydrogen-bond donors (Lipinski definition) is 0. The number of carbonyl (C=O) groups excluding carboxylic acids is 1. The zero-order valence-electron chi connectivity index (χ0n) is 16.5. The monoisotopic (exact) mass is 364 g/mol. The molecule has 0 spiro atoms. The van der Waals surface area contributed by atoms with Gasteiger partial charge in [0.1, 0.15) is 0 Å². The number of fused-ring (bicyclic) bond motifs is 1. The first-order valence-electron chi connectivity index (χ1n) is 10.0. The Morgan fingerprint density at radius 1 is 1.22 bits per heavy atom. The van der Waals surface area contributed by atoms with Crippen LogP contribution in [-0.2, 0) is 13.1 Å². The number of aryl methyl sites for hydroxylation is 3. The third-order valence-corrected chi connectivity index (χ3v) is 5.74. The zero-order chi connectivity index (χ0) is 19.0. The number of rotatable bonds is 4. The maximum atomic E-state index is 12.9. The molecule has 3 aromatic rings. The van der Waals surface area contributed by atoms with Crippen LogP contribution in [0, 0.1) is 6.92 Å². The van der Waals surface area contributed by atoms with Gasteiger partial charge in [0.15, 0.2) is 0 Å². The van der Waals surface area contributed by atoms with Crippen molar-refractivity contribution in [1.82, 2.24) is 19.2 Å². The molecule has 5 nitrogen and oxygen atoms in total. The van der Waals surface area contributed by atoms with Gasteiger partial charge in [0.25, 0.3) is 5.91 Å². The molecule has 0 N–H and O–H groups in total. The van der Waals surface area contributed by atoms with Crippen LogP contribution in [0.25, 0.3) is 10.9 Å². The summed E-state index contributed by atoms with van der Waals surface area (Å²) in [6.45, 7) is 9.72. The molecule has 5 heteroatoms. The number of aromatic nitrogens is 3. The topological polar surface area (TPSA) is 43.1 Å². The van der Waals surface area contributed by atoms with Gasteiger partial charge in [-0.05, 0) is 51.8 Å². The molecule has 1 atom stereocenters. The lowest BCUT2D eigenvalue weighted by atomic mass is 9.94. The van der Waals surface area contributed by atoms with E-state index >= 15 is 0 Å². The summed E-state index contributed by atoms with van der Waals surface area (Å²) < 4.78 is 4.23. The molecule has 2 aromatic heterocycles. The lowest BCUT2D eigenvalue weighted by molar-refractivity contribution is 0.0705. The number of piperidine rings is 1. The van der Waals surface area contributed by atoms with E-state index in [1.165, 1.54) is 22.2 Å². The van der Waals surface area contributed by atoms with Crippen molar-refractivity contribution < 1.29 is 4.79 Å². The molecule has 0 saturated carbocycles. The van der Waals surface area contributed by atoms with E-state index in [1.807, 2.05) is 22.7 Å². The average molecular weight is 364 g/mol. The Balaban J connectivity index is 1.61. The van der Waals surface area contributed by atoms with Crippen LogP contribution in [0.15, 0.2) is 36.7 Å². The number of nitrogens with zero attached hydrogens (tertiary/aromatic N) is 4. The smallest absolute Gasteiger partial charge is 0.257 e. The van der Waals surface area contributed by atoms with E-state index in [0.29, 0.717) is 11.5 Å². The molecule has 1 aromatic carbocycles. The Kier molecular flexibility index (Phi) is 4.77. The maximum absolute atomic E-state index is 12.9. The molecular weight excluding hydrogens is 336 g/mol. The van der Waals surface area contributed by atoms with Gasteiger partial charge in [-0.3, -0.25) is 9.48 Å². The van der Waals surface area contributed by atoms with Gasteiger partial charge in [-0.2, -0.15) is 5.10 Å². The fourth-order valence-electron chi connectivity index (χ4n) is 4.34. The second-order valence-corrected chi connectivity index (χ2v) is 7.55. The second kappa shape index (κ2) is 7.22. The Labute approximate surface area is 160 Å². The van der Waals surface area contributed by atoms with Crippen LogP contribution in [0.5, 0.6) is 0 Å². The van der Waals surface area contributed by atoms with Crippen LogP contribution in [0.2, 0.25) is 0 Å². The quantitative estimate of drug-likeness (QED) is 0.696. The van der Waals surface area contributed by atoms with E-state index in [9.17, 15) is 4.79 Å². The van der Waals surface area contributed by atoms with E-state index in [-0.39, 0.29) is 5.91 Å². The van der Waals surface area contributed by atoms with Gasteiger partial charge in [-0.1, -0.05) is 11.6 Å². The number of likely N-dealkylation sites (tertiary alicyclic amines) is 1. The summed E-state index contributed by atoms with van der Waals surface area (Å²) in [6.07, 6.45) is 5.73. The van der Waals surface area contributed by atoms with Crippen LogP contribution in [0.1, 0.15) is 54.2 Å². The van der Waals surface area contributed by atoms with Gasteiger partial charge in [0.05, 0.1) is 11.8 Å². The number of amides is 1. The minimum atomic E-state index is 0.106. The van der Waals surface area contributed by atoms with Crippen LogP contribution >= 0.6 is 0 Å². The van der Waals surface area contributed by atoms with Crippen molar-refractivity contribution >= 4 is 16.8 Å². The van der Waals surface area contributed by atoms with Crippen molar-refractivity contribution in [2.45, 2.75) is 52.6 Å². The molecule has 0 aliphatic carbocycles. The van der Waals surface area contributed by atoms with E-state index in [0.717, 1.165) is 39.0 Å². The minimum Gasteiger partial charge on any atom is -0.345 e. The molecule has 0 radical (unpaired) electrons. The Hall–Kier alpha value is -2.56. The van der Waals surface area contributed by atoms with Crippen molar-refractivity contribution in [3.63, 3.8) is 0 Å². The van der Waals surface area contributed by atoms with Crippen LogP contribution < -0.4 is 0 Å². The highest BCUT2D eigenvalue weighted by Crippen LogP contribution is 2.32. The van der Waals surface area contributed by atoms with Gasteiger partial charge in [0.2, 0.25) is 0 Å². The predicted molar refractivity (Wildman–Crippen MR) is 108 cm³/mol. The molecule has 1 aliphatic rings. The Morgan fingerprint density at radius 3 is 2.81 bits per heavy atom. The number of hydrogen-bond acceptors (Lipinski definition) is 2. The second-order valence-electron chi connectivity index (χ2n) is 7.55. The molecule has 1 unspecified atom stereocenters. The largest absolute Gasteiger partial charge is 0.345 e. The molecule has 3 heterocycles. The highest BCUT2D eigenvalue weighted by Gasteiger charge is 2.28. The zero-order valence-corrected chi connectivity index (χ0v) is 16.5. The Bertz CT molecular complexity index is 968. The molecule has 1 fully saturated rings. The lowest BCUT2D eigenvalue weighted by Crippen LogP contribution is -2.39. The van der Waals surface area contributed by atoms with Crippen molar-refractivity contribution in [2.24, 2.45) is 0 Å². The molecule has 1 aliphatic heterocycles. The van der Waals surface area contributed by atoms with E-state index < -0.39 is 0 Å². The SMILES string of the molecule is CCn1cc(C(=O)N2CCCC(c3cc4cc(C)ccc4n3CC)C2)cn1. The standard InChI is InChI=1S/C22H28N4O/c1-4-25-15-19(13-23-25)22(27)24-10-6-7-17(14-24)21-12-18-11-16(3)8-9-20(18)26(21)5-2/h8-9,11-13,15,17H,4-7,10,14H2,1-3H3. The molecule has 27 heavy (non-hydrogen) atoms. The molecule has 1 saturated heterocycles. The predicted octanol–water partition coefficient (Wildman–Crippen LogP) is 4.21. The van der Waals surface area contributed by atoms with Crippen molar-refractivity contribution in [1.29, 1.82) is 0 Å². The van der Waals surface area contributed by atoms with Crippen LogP contribution in [-0.4, -0.2) is 38.2 Å². The van der Waals surface area contributed by atoms with E-state index in [4.69, 9.17) is 0 Å². The molecule has 0 bridgehead atoms. The summed E-state index contributed by atoms with van der Waals surface area (Å²) in [7, 11) is 0. The summed E-state index contributed by atoms with van der Waals surface area (Å²) >= 11 is 0. The lowest BCUT2D eigenvalue weighted by Gasteiger charge is -2.33. The van der Waals surface area contributed by atoms with Gasteiger partial charge in [-0.25, -0.2) is 0 Å². The molecule has 1 amide bonds. The molecule has 142 valence electrons. The highest BCUT2D eigenvalue weighted by atomic mass is 16.2. The van der Waals surface area contributed by atoms with Gasteiger partial charge in [-0.15, -0.1) is 0 Å². The molecule has 4 rings (SSSR count). The van der Waals surface area contributed by atoms with Gasteiger partial charge < -0.3 is 9.47 Å². The normalized spacial score (nSPS) is 17.6. The Morgan fingerprint density at radius 2 is 2.07 bits per heavy atom. The van der Waals surface area contributed by atoms with E-state index in [2.05, 4.69) is 47.8 Å².